The van der Waals surface area contributed by atoms with Gasteiger partial charge < -0.3 is 40.2 Å². The summed E-state index contributed by atoms with van der Waals surface area (Å²) in [4.78, 5) is 55.4. The minimum absolute atomic E-state index is 0.000226. The standard InChI is InChI=1S/C50H61F3N8O9S2/c1-32-44(71-31-57-32)35-12-10-33(11-13-35)27-55-46(64)43-26-39(63)30-61(43)47(65)41(49(2,3)4)25-38(62)18-19-68-20-21-69-22-23-70-40-16-14-36(15-17-40)58-48-56-29-42(50(51,52)53)45(59-48)54-28-34-8-7-9-37(24-34)60(5)72(6,66)67/h7-17,24,29,31,39,41,43,63H,18-23,25-28,30H2,1-6H3,(H,55,64)(H2,54,56,58,59)/t39-,41-,43+/m1/s1. The molecule has 0 bridgehead atoms. The molecule has 1 aliphatic heterocycles. The van der Waals surface area contributed by atoms with Gasteiger partial charge in [0.25, 0.3) is 0 Å². The zero-order chi connectivity index (χ0) is 52.2. The first-order valence-electron chi connectivity index (χ1n) is 23.2. The van der Waals surface area contributed by atoms with Gasteiger partial charge in [0.2, 0.25) is 27.8 Å². The number of amides is 2. The fraction of sp³-hybridized carbons (Fsp3) is 0.440. The summed E-state index contributed by atoms with van der Waals surface area (Å²) in [5.74, 6) is -1.66. The molecule has 1 saturated heterocycles. The molecule has 4 N–H and O–H groups in total. The molecule has 0 unspecified atom stereocenters. The van der Waals surface area contributed by atoms with E-state index in [1.807, 2.05) is 52.0 Å². The number of aliphatic hydroxyl groups excluding tert-OH is 1. The summed E-state index contributed by atoms with van der Waals surface area (Å²) in [5, 5.41) is 19.1. The second-order valence-electron chi connectivity index (χ2n) is 18.4. The average molecular weight is 1040 g/mol. The molecule has 6 rings (SSSR count). The number of carbonyl (C=O) groups excluding carboxylic acids is 3. The predicted octanol–water partition coefficient (Wildman–Crippen LogP) is 7.38. The summed E-state index contributed by atoms with van der Waals surface area (Å²) in [5.41, 5.74) is 4.35. The Kier molecular flexibility index (Phi) is 18.7. The van der Waals surface area contributed by atoms with Gasteiger partial charge >= 0.3 is 6.18 Å². The molecule has 0 radical (unpaired) electrons. The summed E-state index contributed by atoms with van der Waals surface area (Å²) in [7, 11) is -2.17. The number of hydrogen-bond acceptors (Lipinski definition) is 15. The highest BCUT2D eigenvalue weighted by Gasteiger charge is 2.44. The molecule has 22 heteroatoms. The van der Waals surface area contributed by atoms with Crippen molar-refractivity contribution in [2.24, 2.45) is 11.3 Å². The minimum Gasteiger partial charge on any atom is -0.491 e. The van der Waals surface area contributed by atoms with E-state index < -0.39 is 51.1 Å². The number of benzene rings is 3. The Morgan fingerprint density at radius 1 is 0.931 bits per heavy atom. The third-order valence-electron chi connectivity index (χ3n) is 11.9. The predicted molar refractivity (Wildman–Crippen MR) is 268 cm³/mol. The number of rotatable bonds is 24. The van der Waals surface area contributed by atoms with Crippen molar-refractivity contribution in [3.63, 3.8) is 0 Å². The number of nitrogens with zero attached hydrogens (tertiary/aromatic N) is 5. The zero-order valence-corrected chi connectivity index (χ0v) is 42.6. The van der Waals surface area contributed by atoms with Crippen LogP contribution in [0.3, 0.4) is 0 Å². The van der Waals surface area contributed by atoms with Crippen LogP contribution in [0.15, 0.2) is 84.5 Å². The minimum atomic E-state index is -4.75. The Bertz CT molecular complexity index is 2740. The molecule has 388 valence electrons. The van der Waals surface area contributed by atoms with Crippen molar-refractivity contribution in [2.45, 2.75) is 78.4 Å². The number of alkyl halides is 3. The van der Waals surface area contributed by atoms with E-state index in [1.54, 1.807) is 65.4 Å². The SMILES string of the molecule is Cc1ncsc1-c1ccc(CNC(=O)[C@@H]2C[C@@H](O)CN2C(=O)[C@@H](CC(=O)CCOCCOCCOc2ccc(Nc3ncc(C(F)(F)F)c(NCc4cccc(N(C)S(C)(=O)=O)c4)n3)cc2)C(C)(C)C)cc1. The van der Waals surface area contributed by atoms with Crippen LogP contribution in [-0.4, -0.2) is 116 Å². The van der Waals surface area contributed by atoms with Gasteiger partial charge in [-0.15, -0.1) is 11.3 Å². The number of halogens is 3. The first-order valence-corrected chi connectivity index (χ1v) is 25.9. The molecule has 3 aromatic carbocycles. The van der Waals surface area contributed by atoms with Gasteiger partial charge in [-0.2, -0.15) is 18.2 Å². The number of aliphatic hydroxyl groups is 1. The number of hydrogen-bond donors (Lipinski definition) is 4. The van der Waals surface area contributed by atoms with Gasteiger partial charge in [-0.3, -0.25) is 18.7 Å². The molecule has 5 aromatic rings. The summed E-state index contributed by atoms with van der Waals surface area (Å²) in [6, 6.07) is 19.9. The van der Waals surface area contributed by atoms with Gasteiger partial charge in [0.05, 0.1) is 60.6 Å². The van der Waals surface area contributed by atoms with Gasteiger partial charge in [0, 0.05) is 63.7 Å². The van der Waals surface area contributed by atoms with Crippen LogP contribution >= 0.6 is 11.3 Å². The van der Waals surface area contributed by atoms with Gasteiger partial charge in [-0.25, -0.2) is 18.4 Å². The van der Waals surface area contributed by atoms with Gasteiger partial charge in [-0.1, -0.05) is 57.2 Å². The molecule has 2 amide bonds. The molecule has 1 aliphatic rings. The molecule has 1 fully saturated rings. The third kappa shape index (κ3) is 15.6. The molecule has 3 heterocycles. The van der Waals surface area contributed by atoms with Crippen LogP contribution < -0.4 is 25.0 Å². The molecule has 3 atom stereocenters. The number of likely N-dealkylation sites (tertiary alicyclic amines) is 1. The van der Waals surface area contributed by atoms with E-state index in [0.717, 1.165) is 32.3 Å². The lowest BCUT2D eigenvalue weighted by Crippen LogP contribution is -2.50. The van der Waals surface area contributed by atoms with Crippen LogP contribution in [0.5, 0.6) is 5.75 Å². The summed E-state index contributed by atoms with van der Waals surface area (Å²) in [6.07, 6.45) is -3.75. The number of anilines is 4. The number of nitrogens with one attached hydrogen (secondary N) is 3. The number of Topliss-reactive ketones (excluding diaryl/α,β-unsaturated/α-hetero) is 1. The lowest BCUT2D eigenvalue weighted by molar-refractivity contribution is -0.146. The van der Waals surface area contributed by atoms with Gasteiger partial charge in [-0.05, 0) is 65.4 Å². The summed E-state index contributed by atoms with van der Waals surface area (Å²) < 4.78 is 83.6. The van der Waals surface area contributed by atoms with Crippen molar-refractivity contribution >= 4 is 62.1 Å². The topological polar surface area (TPSA) is 215 Å². The Morgan fingerprint density at radius 3 is 2.28 bits per heavy atom. The number of thiazole rings is 1. The van der Waals surface area contributed by atoms with E-state index in [0.29, 0.717) is 28.9 Å². The van der Waals surface area contributed by atoms with Crippen molar-refractivity contribution in [1.29, 1.82) is 0 Å². The van der Waals surface area contributed by atoms with E-state index in [9.17, 15) is 41.1 Å². The largest absolute Gasteiger partial charge is 0.491 e. The second-order valence-corrected chi connectivity index (χ2v) is 21.3. The van der Waals surface area contributed by atoms with E-state index in [4.69, 9.17) is 14.2 Å². The fourth-order valence-electron chi connectivity index (χ4n) is 7.77. The molecular weight excluding hydrogens is 978 g/mol. The highest BCUT2D eigenvalue weighted by Crippen LogP contribution is 2.36. The highest BCUT2D eigenvalue weighted by molar-refractivity contribution is 7.92. The number of β-amino-alcohol motifs (C(OH)–C–C–N with tert-alkyl or cyclic N) is 1. The van der Waals surface area contributed by atoms with Crippen LogP contribution in [0.25, 0.3) is 10.4 Å². The van der Waals surface area contributed by atoms with Crippen molar-refractivity contribution in [2.75, 3.05) is 67.8 Å². The molecule has 2 aromatic heterocycles. The molecule has 17 nitrogen and oxygen atoms in total. The maximum atomic E-state index is 14.0. The first-order chi connectivity index (χ1) is 34.1. The Hall–Kier alpha value is -6.20. The number of ether oxygens (including phenoxy) is 3. The Labute approximate surface area is 421 Å². The van der Waals surface area contributed by atoms with Gasteiger partial charge in [0.1, 0.15) is 35.6 Å². The van der Waals surface area contributed by atoms with Crippen molar-refractivity contribution < 1.29 is 55.3 Å². The van der Waals surface area contributed by atoms with Crippen LogP contribution in [0.2, 0.25) is 0 Å². The maximum absolute atomic E-state index is 14.0. The quantitative estimate of drug-likeness (QED) is 0.0444. The summed E-state index contributed by atoms with van der Waals surface area (Å²) in [6.45, 7) is 8.76. The van der Waals surface area contributed by atoms with E-state index in [-0.39, 0.29) is 95.5 Å². The smallest absolute Gasteiger partial charge is 0.421 e. The Morgan fingerprint density at radius 2 is 1.62 bits per heavy atom. The molecule has 0 aliphatic carbocycles. The monoisotopic (exact) mass is 1040 g/mol. The Balaban J connectivity index is 0.883. The van der Waals surface area contributed by atoms with Crippen LogP contribution in [0, 0.1) is 18.3 Å². The second kappa shape index (κ2) is 24.5. The highest BCUT2D eigenvalue weighted by atomic mass is 32.2. The number of ketones is 1. The van der Waals surface area contributed by atoms with E-state index >= 15 is 0 Å². The molecule has 72 heavy (non-hydrogen) atoms. The normalized spacial score (nSPS) is 15.5. The van der Waals surface area contributed by atoms with Gasteiger partial charge in [0.15, 0.2) is 0 Å². The van der Waals surface area contributed by atoms with Crippen molar-refractivity contribution in [3.05, 3.63) is 107 Å². The van der Waals surface area contributed by atoms with E-state index in [2.05, 4.69) is 30.9 Å². The van der Waals surface area contributed by atoms with Crippen molar-refractivity contribution in [3.8, 4) is 16.2 Å². The lowest BCUT2D eigenvalue weighted by Gasteiger charge is -2.34. The van der Waals surface area contributed by atoms with Crippen LogP contribution in [-0.2, 0) is 53.1 Å². The number of aryl methyl sites for hydroxylation is 1. The average Bonchev–Trinajstić information content (AvgIpc) is 3.95. The summed E-state index contributed by atoms with van der Waals surface area (Å²) >= 11 is 1.56. The number of carbonyl (C=O) groups is 3. The van der Waals surface area contributed by atoms with Crippen LogP contribution in [0.1, 0.15) is 62.4 Å². The zero-order valence-electron chi connectivity index (χ0n) is 41.0. The van der Waals surface area contributed by atoms with E-state index in [1.165, 1.54) is 11.9 Å². The molecule has 0 saturated carbocycles. The fourth-order valence-corrected chi connectivity index (χ4v) is 9.08. The molecule has 0 spiro atoms. The van der Waals surface area contributed by atoms with Crippen LogP contribution in [0.4, 0.5) is 36.3 Å². The molecular formula is C50H61F3N8O9S2. The third-order valence-corrected chi connectivity index (χ3v) is 14.1. The number of aromatic nitrogens is 3. The van der Waals surface area contributed by atoms with Crippen molar-refractivity contribution in [1.82, 2.24) is 25.2 Å². The lowest BCUT2D eigenvalue weighted by atomic mass is 9.76. The number of sulfonamides is 1. The maximum Gasteiger partial charge on any atom is 0.421 e. The first kappa shape index (κ1) is 55.1.